The summed E-state index contributed by atoms with van der Waals surface area (Å²) in [7, 11) is 0. The van der Waals surface area contributed by atoms with E-state index in [1.54, 1.807) is 0 Å². The summed E-state index contributed by atoms with van der Waals surface area (Å²) in [5, 5.41) is 0. The summed E-state index contributed by atoms with van der Waals surface area (Å²) in [6.07, 6.45) is 86.2. The zero-order chi connectivity index (χ0) is 57.8. The second-order valence-electron chi connectivity index (χ2n) is 24.5. The fourth-order valence-electron chi connectivity index (χ4n) is 11.0. The van der Waals surface area contributed by atoms with Crippen LogP contribution in [0.25, 0.3) is 0 Å². The molecule has 0 saturated heterocycles. The number of hydrogen-bond acceptors (Lipinski definition) is 6. The highest BCUT2D eigenvalue weighted by molar-refractivity contribution is 5.71. The second kappa shape index (κ2) is 69.1. The van der Waals surface area contributed by atoms with Gasteiger partial charge in [0.25, 0.3) is 0 Å². The van der Waals surface area contributed by atoms with Crippen molar-refractivity contribution in [3.05, 3.63) is 36.5 Å². The predicted octanol–water partition coefficient (Wildman–Crippen LogP) is 24.7. The van der Waals surface area contributed by atoms with Gasteiger partial charge in [0.05, 0.1) is 0 Å². The van der Waals surface area contributed by atoms with Gasteiger partial charge >= 0.3 is 17.9 Å². The molecule has 0 saturated carbocycles. The molecule has 1 unspecified atom stereocenters. The Kier molecular flexibility index (Phi) is 67.1. The molecular weight excluding hydrogens is 985 g/mol. The third-order valence-electron chi connectivity index (χ3n) is 16.3. The van der Waals surface area contributed by atoms with Crippen molar-refractivity contribution in [1.29, 1.82) is 0 Å². The fraction of sp³-hybridized carbons (Fsp3) is 0.878. The lowest BCUT2D eigenvalue weighted by Crippen LogP contribution is -2.30. The van der Waals surface area contributed by atoms with Gasteiger partial charge in [0.15, 0.2) is 6.10 Å². The first-order chi connectivity index (χ1) is 39.5. The molecular formula is C74H138O6. The number of rotatable bonds is 67. The van der Waals surface area contributed by atoms with Gasteiger partial charge in [-0.15, -0.1) is 0 Å². The highest BCUT2D eigenvalue weighted by atomic mass is 16.6. The Morgan fingerprint density at radius 1 is 0.250 bits per heavy atom. The van der Waals surface area contributed by atoms with E-state index in [4.69, 9.17) is 14.2 Å². The van der Waals surface area contributed by atoms with E-state index in [-0.39, 0.29) is 31.1 Å². The Morgan fingerprint density at radius 3 is 0.750 bits per heavy atom. The number of ether oxygens (including phenoxy) is 3. The molecule has 0 aliphatic rings. The van der Waals surface area contributed by atoms with E-state index < -0.39 is 6.10 Å². The van der Waals surface area contributed by atoms with E-state index in [9.17, 15) is 14.4 Å². The molecule has 0 aromatic carbocycles. The van der Waals surface area contributed by atoms with Crippen molar-refractivity contribution in [2.75, 3.05) is 13.2 Å². The predicted molar refractivity (Wildman–Crippen MR) is 349 cm³/mol. The maximum Gasteiger partial charge on any atom is 0.306 e. The third kappa shape index (κ3) is 66.4. The monoisotopic (exact) mass is 1120 g/mol. The third-order valence-corrected chi connectivity index (χ3v) is 16.3. The van der Waals surface area contributed by atoms with Crippen LogP contribution in [0, 0.1) is 0 Å². The van der Waals surface area contributed by atoms with Gasteiger partial charge < -0.3 is 14.2 Å². The van der Waals surface area contributed by atoms with E-state index in [1.165, 1.54) is 276 Å². The van der Waals surface area contributed by atoms with Gasteiger partial charge in [0.1, 0.15) is 13.2 Å². The van der Waals surface area contributed by atoms with Crippen LogP contribution in [-0.4, -0.2) is 37.2 Å². The fourth-order valence-corrected chi connectivity index (χ4v) is 11.0. The topological polar surface area (TPSA) is 78.9 Å². The highest BCUT2D eigenvalue weighted by Gasteiger charge is 2.19. The number of allylic oxidation sites excluding steroid dienone is 6. The summed E-state index contributed by atoms with van der Waals surface area (Å²) in [6.45, 7) is 6.64. The van der Waals surface area contributed by atoms with Crippen LogP contribution in [0.3, 0.4) is 0 Å². The lowest BCUT2D eigenvalue weighted by atomic mass is 10.0. The Hall–Kier alpha value is -2.37. The number of unbranched alkanes of at least 4 members (excludes halogenated alkanes) is 50. The van der Waals surface area contributed by atoms with E-state index in [1.807, 2.05) is 0 Å². The SMILES string of the molecule is CCC/C=C\C/C=C\CCCCCCCC(=O)OCC(COC(=O)CCCCCCCCCCCCCCCCCCC/C=C\CCCCCCCCCC)OC(=O)CCCCCCCCCCCCCCCCCCCCCC. The van der Waals surface area contributed by atoms with Crippen LogP contribution in [0.1, 0.15) is 400 Å². The van der Waals surface area contributed by atoms with Crippen molar-refractivity contribution in [2.45, 2.75) is 406 Å². The molecule has 0 rings (SSSR count). The molecule has 0 amide bonds. The molecule has 0 aromatic rings. The highest BCUT2D eigenvalue weighted by Crippen LogP contribution is 2.19. The van der Waals surface area contributed by atoms with Crippen LogP contribution in [0.5, 0.6) is 0 Å². The van der Waals surface area contributed by atoms with Gasteiger partial charge in [-0.25, -0.2) is 0 Å². The number of esters is 3. The first kappa shape index (κ1) is 77.6. The van der Waals surface area contributed by atoms with Gasteiger partial charge in [0.2, 0.25) is 0 Å². The molecule has 0 heterocycles. The summed E-state index contributed by atoms with van der Waals surface area (Å²) >= 11 is 0. The normalized spacial score (nSPS) is 12.2. The minimum absolute atomic E-state index is 0.0711. The molecule has 470 valence electrons. The van der Waals surface area contributed by atoms with E-state index in [0.29, 0.717) is 19.3 Å². The first-order valence-corrected chi connectivity index (χ1v) is 36.0. The Labute approximate surface area is 499 Å². The lowest BCUT2D eigenvalue weighted by Gasteiger charge is -2.18. The summed E-state index contributed by atoms with van der Waals surface area (Å²) in [4.78, 5) is 38.4. The van der Waals surface area contributed by atoms with Crippen molar-refractivity contribution in [2.24, 2.45) is 0 Å². The van der Waals surface area contributed by atoms with Gasteiger partial charge in [0, 0.05) is 19.3 Å². The molecule has 0 aromatic heterocycles. The zero-order valence-corrected chi connectivity index (χ0v) is 54.1. The summed E-state index contributed by atoms with van der Waals surface area (Å²) < 4.78 is 17.0. The molecule has 6 heteroatoms. The minimum Gasteiger partial charge on any atom is -0.462 e. The Bertz CT molecular complexity index is 1340. The maximum atomic E-state index is 12.9. The van der Waals surface area contributed by atoms with Gasteiger partial charge in [-0.1, -0.05) is 346 Å². The van der Waals surface area contributed by atoms with E-state index >= 15 is 0 Å². The summed E-state index contributed by atoms with van der Waals surface area (Å²) in [5.41, 5.74) is 0. The number of carbonyl (C=O) groups excluding carboxylic acids is 3. The molecule has 0 N–H and O–H groups in total. The lowest BCUT2D eigenvalue weighted by molar-refractivity contribution is -0.167. The van der Waals surface area contributed by atoms with Gasteiger partial charge in [-0.2, -0.15) is 0 Å². The van der Waals surface area contributed by atoms with Gasteiger partial charge in [-0.05, 0) is 70.6 Å². The van der Waals surface area contributed by atoms with Crippen LogP contribution in [0.4, 0.5) is 0 Å². The summed E-state index contributed by atoms with van der Waals surface area (Å²) in [6, 6.07) is 0. The molecule has 0 bridgehead atoms. The van der Waals surface area contributed by atoms with Crippen molar-refractivity contribution >= 4 is 17.9 Å². The molecule has 0 radical (unpaired) electrons. The standard InChI is InChI=1S/C74H138O6/c1-4-7-10-13-16-19-22-25-27-29-31-33-34-35-36-37-38-39-40-41-43-44-46-49-52-55-58-61-64-67-73(76)79-70-71(69-78-72(75)66-63-60-57-54-51-48-24-21-18-15-12-9-6-3)80-74(77)68-65-62-59-56-53-50-47-45-42-32-30-28-26-23-20-17-14-11-8-5-2/h12,15,21,24,29,31,71H,4-11,13-14,16-20,22-23,25-28,30,32-70H2,1-3H3/b15-12-,24-21-,31-29-. The van der Waals surface area contributed by atoms with Crippen molar-refractivity contribution < 1.29 is 28.6 Å². The van der Waals surface area contributed by atoms with Crippen molar-refractivity contribution in [3.63, 3.8) is 0 Å². The first-order valence-electron chi connectivity index (χ1n) is 36.0. The minimum atomic E-state index is -0.776. The second-order valence-corrected chi connectivity index (χ2v) is 24.5. The smallest absolute Gasteiger partial charge is 0.306 e. The average Bonchev–Trinajstić information content (AvgIpc) is 3.46. The summed E-state index contributed by atoms with van der Waals surface area (Å²) in [5.74, 6) is -0.856. The zero-order valence-electron chi connectivity index (χ0n) is 54.1. The van der Waals surface area contributed by atoms with Crippen molar-refractivity contribution in [3.8, 4) is 0 Å². The van der Waals surface area contributed by atoms with Gasteiger partial charge in [-0.3, -0.25) is 14.4 Å². The van der Waals surface area contributed by atoms with Crippen molar-refractivity contribution in [1.82, 2.24) is 0 Å². The van der Waals surface area contributed by atoms with Crippen LogP contribution < -0.4 is 0 Å². The molecule has 80 heavy (non-hydrogen) atoms. The number of hydrogen-bond donors (Lipinski definition) is 0. The molecule has 0 spiro atoms. The molecule has 0 aliphatic heterocycles. The van der Waals surface area contributed by atoms with Crippen LogP contribution in [0.2, 0.25) is 0 Å². The molecule has 6 nitrogen and oxygen atoms in total. The Balaban J connectivity index is 4.18. The van der Waals surface area contributed by atoms with E-state index in [2.05, 4.69) is 57.2 Å². The largest absolute Gasteiger partial charge is 0.462 e. The van der Waals surface area contributed by atoms with Crippen LogP contribution in [0.15, 0.2) is 36.5 Å². The quantitative estimate of drug-likeness (QED) is 0.0261. The van der Waals surface area contributed by atoms with Crippen LogP contribution >= 0.6 is 0 Å². The number of carbonyl (C=O) groups is 3. The maximum absolute atomic E-state index is 12.9. The van der Waals surface area contributed by atoms with Crippen LogP contribution in [-0.2, 0) is 28.6 Å². The molecule has 0 aliphatic carbocycles. The van der Waals surface area contributed by atoms with E-state index in [0.717, 1.165) is 83.5 Å². The Morgan fingerprint density at radius 2 is 0.475 bits per heavy atom. The average molecular weight is 1120 g/mol. The molecule has 1 atom stereocenters. The molecule has 0 fully saturated rings.